The minimum atomic E-state index is -2.70. The molecule has 0 bridgehead atoms. The van der Waals surface area contributed by atoms with Crippen molar-refractivity contribution < 1.29 is 37.5 Å². The number of aromatic nitrogens is 1. The second-order valence-electron chi connectivity index (χ2n) is 19.8. The number of nitrogens with one attached hydrogen (secondary N) is 3. The van der Waals surface area contributed by atoms with Gasteiger partial charge in [-0.05, 0) is 97.5 Å². The fourth-order valence-electron chi connectivity index (χ4n) is 10.0. The van der Waals surface area contributed by atoms with Gasteiger partial charge in [0, 0.05) is 48.5 Å². The predicted octanol–water partition coefficient (Wildman–Crippen LogP) is 9.15. The van der Waals surface area contributed by atoms with Gasteiger partial charge in [0.05, 0.1) is 57.9 Å². The van der Waals surface area contributed by atoms with Gasteiger partial charge in [0.1, 0.15) is 23.7 Å². The van der Waals surface area contributed by atoms with Crippen molar-refractivity contribution in [2.24, 2.45) is 22.2 Å². The maximum absolute atomic E-state index is 14.6. The third-order valence-corrected chi connectivity index (χ3v) is 15.5. The molecule has 0 spiro atoms. The predicted molar refractivity (Wildman–Crippen MR) is 270 cm³/mol. The third kappa shape index (κ3) is 11.2. The Kier molecular flexibility index (Phi) is 15.5. The van der Waals surface area contributed by atoms with Crippen LogP contribution in [0.4, 0.5) is 30.2 Å². The van der Waals surface area contributed by atoms with Crippen LogP contribution in [0.3, 0.4) is 0 Å². The third-order valence-electron chi connectivity index (χ3n) is 13.6. The molecule has 19 heteroatoms. The zero-order valence-corrected chi connectivity index (χ0v) is 42.7. The number of hydrogen-bond acceptors (Lipinski definition) is 9. The summed E-state index contributed by atoms with van der Waals surface area (Å²) in [4.78, 5) is 73.8. The quantitative estimate of drug-likeness (QED) is 0.116. The Hall–Kier alpha value is -5.30. The van der Waals surface area contributed by atoms with Gasteiger partial charge in [-0.25, -0.2) is 18.2 Å². The number of likely N-dealkylation sites (tertiary alicyclic amines) is 2. The van der Waals surface area contributed by atoms with Crippen LogP contribution < -0.4 is 20.9 Å². The highest BCUT2D eigenvalue weighted by Gasteiger charge is 2.46. The number of fused-ring (bicyclic) bond motifs is 2. The molecule has 4 aliphatic rings. The summed E-state index contributed by atoms with van der Waals surface area (Å²) < 4.78 is 42.5. The molecule has 372 valence electrons. The normalized spacial score (nSPS) is 23.4. The lowest BCUT2D eigenvalue weighted by Gasteiger charge is -2.37. The number of halogens is 5. The lowest BCUT2D eigenvalue weighted by Crippen LogP contribution is -2.58. The van der Waals surface area contributed by atoms with E-state index in [-0.39, 0.29) is 37.5 Å². The first kappa shape index (κ1) is 51.1. The van der Waals surface area contributed by atoms with Crippen LogP contribution in [-0.4, -0.2) is 106 Å². The van der Waals surface area contributed by atoms with Crippen molar-refractivity contribution in [3.63, 3.8) is 0 Å². The van der Waals surface area contributed by atoms with E-state index in [1.165, 1.54) is 28.0 Å². The van der Waals surface area contributed by atoms with Crippen LogP contribution in [0.25, 0.3) is 10.4 Å². The van der Waals surface area contributed by atoms with Gasteiger partial charge >= 0.3 is 0 Å². The van der Waals surface area contributed by atoms with Crippen molar-refractivity contribution in [2.75, 3.05) is 36.4 Å². The summed E-state index contributed by atoms with van der Waals surface area (Å²) >= 11 is 11.4. The number of aryl methyl sites for hydroxylation is 1. The molecule has 4 N–H and O–H groups in total. The number of aliphatic hydroxyl groups is 1. The summed E-state index contributed by atoms with van der Waals surface area (Å²) in [5.74, 6) is -2.93. The van der Waals surface area contributed by atoms with Crippen LogP contribution in [0.1, 0.15) is 82.7 Å². The number of aliphatic hydroxyl groups excluding tert-OH is 1. The lowest BCUT2D eigenvalue weighted by molar-refractivity contribution is -0.145. The fourth-order valence-corrected chi connectivity index (χ4v) is 11.4. The van der Waals surface area contributed by atoms with Crippen LogP contribution >= 0.6 is 38.9 Å². The second kappa shape index (κ2) is 21.2. The summed E-state index contributed by atoms with van der Waals surface area (Å²) in [6, 6.07) is 13.8. The van der Waals surface area contributed by atoms with Gasteiger partial charge in [-0.2, -0.15) is 0 Å². The van der Waals surface area contributed by atoms with Gasteiger partial charge in [0.25, 0.3) is 6.43 Å². The molecule has 7 atom stereocenters. The molecule has 3 aliphatic heterocycles. The van der Waals surface area contributed by atoms with Crippen molar-refractivity contribution in [3.05, 3.63) is 104 Å². The van der Waals surface area contributed by atoms with Gasteiger partial charge in [-0.3, -0.25) is 24.2 Å². The first-order valence-electron chi connectivity index (χ1n) is 23.4. The number of amidine groups is 1. The van der Waals surface area contributed by atoms with Crippen LogP contribution in [0.15, 0.2) is 81.7 Å². The van der Waals surface area contributed by atoms with Crippen molar-refractivity contribution >= 4 is 85.4 Å². The Labute approximate surface area is 423 Å². The summed E-state index contributed by atoms with van der Waals surface area (Å²) in [6.07, 6.45) is -2.12. The van der Waals surface area contributed by atoms with E-state index in [0.717, 1.165) is 27.3 Å². The number of carbonyl (C=O) groups excluding carboxylic acids is 4. The second-order valence-corrected chi connectivity index (χ2v) is 21.5. The van der Waals surface area contributed by atoms with E-state index in [0.29, 0.717) is 53.6 Å². The summed E-state index contributed by atoms with van der Waals surface area (Å²) in [7, 11) is 0. The fraction of sp³-hybridized carbons (Fsp3) is 0.451. The summed E-state index contributed by atoms with van der Waals surface area (Å²) in [6.45, 7) is 9.19. The van der Waals surface area contributed by atoms with E-state index >= 15 is 0 Å². The van der Waals surface area contributed by atoms with E-state index in [2.05, 4.69) is 36.9 Å². The number of benzene rings is 3. The van der Waals surface area contributed by atoms with Crippen LogP contribution in [0.5, 0.6) is 0 Å². The van der Waals surface area contributed by atoms with Crippen molar-refractivity contribution in [1.29, 1.82) is 0 Å². The molecule has 4 aromatic rings. The molecule has 1 aromatic heterocycles. The van der Waals surface area contributed by atoms with E-state index in [1.807, 2.05) is 58.9 Å². The van der Waals surface area contributed by atoms with E-state index in [1.54, 1.807) is 44.9 Å². The molecule has 2 saturated heterocycles. The van der Waals surface area contributed by atoms with Crippen molar-refractivity contribution in [1.82, 2.24) is 25.4 Å². The smallest absolute Gasteiger partial charge is 0.256 e. The number of hydrogen-bond donors (Lipinski definition) is 4. The van der Waals surface area contributed by atoms with Gasteiger partial charge < -0.3 is 35.8 Å². The Balaban J connectivity index is 0.938. The van der Waals surface area contributed by atoms with E-state index in [4.69, 9.17) is 16.6 Å². The molecule has 3 aromatic carbocycles. The average Bonchev–Trinajstić information content (AvgIpc) is 4.07. The highest BCUT2D eigenvalue weighted by atomic mass is 79.9. The molecule has 0 radical (unpaired) electrons. The maximum Gasteiger partial charge on any atom is 0.256 e. The molecule has 70 heavy (non-hydrogen) atoms. The minimum Gasteiger partial charge on any atom is -0.391 e. The van der Waals surface area contributed by atoms with Crippen LogP contribution in [0.2, 0.25) is 5.02 Å². The van der Waals surface area contributed by atoms with E-state index in [9.17, 15) is 37.5 Å². The standard InChI is InChI=1S/C51H57BrClF3N8O5S/c1-27(30-6-8-31(9-7-30)44-28(2)57-26-70-44)58-48(67)42-21-37(65)24-64(42)50(69)45(51(3,4)5)61-47(66)32-16-29(22-52)17-33(18-32)49(68)62-15-14-36(23-62)59-46-38-19-34(53)10-12-40(38)63(25-43(55)56)41-13-11-35(54)20-39(41)60-46/h6-13,19-20,22,26-27,32-33,36-37,42-43,45,65H,14-18,21,23-25H2,1-5H3,(H,58,67)(H,59,60)(H,61,66)/b29-22-/t27-,32?,33?,36?,37+,42-,45+/m1/s1. The van der Waals surface area contributed by atoms with Gasteiger partial charge in [-0.15, -0.1) is 11.3 Å². The minimum absolute atomic E-state index is 0.0422. The highest BCUT2D eigenvalue weighted by molar-refractivity contribution is 9.11. The molecule has 13 nitrogen and oxygen atoms in total. The number of aliphatic imine (C=N–C) groups is 1. The Morgan fingerprint density at radius 2 is 1.73 bits per heavy atom. The number of anilines is 3. The first-order valence-corrected chi connectivity index (χ1v) is 25.6. The molecular weight excluding hydrogens is 1010 g/mol. The topological polar surface area (TPSA) is 160 Å². The molecular formula is C51H57BrClF3N8O5S. The lowest BCUT2D eigenvalue weighted by atomic mass is 9.77. The number of thiazole rings is 1. The van der Waals surface area contributed by atoms with Crippen LogP contribution in [-0.2, 0) is 19.2 Å². The number of nitrogens with zero attached hydrogens (tertiary/aromatic N) is 5. The van der Waals surface area contributed by atoms with Gasteiger partial charge in [0.15, 0.2) is 0 Å². The molecule has 3 fully saturated rings. The molecule has 1 saturated carbocycles. The number of allylic oxidation sites excluding steroid dienone is 1. The Morgan fingerprint density at radius 3 is 2.41 bits per heavy atom. The zero-order chi connectivity index (χ0) is 50.2. The van der Waals surface area contributed by atoms with Gasteiger partial charge in [0.2, 0.25) is 23.6 Å². The number of alkyl halides is 2. The summed E-state index contributed by atoms with van der Waals surface area (Å²) in [5.41, 5.74) is 6.15. The number of carbonyl (C=O) groups is 4. The van der Waals surface area contributed by atoms with Crippen molar-refractivity contribution in [3.8, 4) is 10.4 Å². The molecule has 4 amide bonds. The largest absolute Gasteiger partial charge is 0.391 e. The molecule has 4 heterocycles. The average molecular weight is 1070 g/mol. The maximum atomic E-state index is 14.6. The Morgan fingerprint density at radius 1 is 1.00 bits per heavy atom. The monoisotopic (exact) mass is 1060 g/mol. The van der Waals surface area contributed by atoms with E-state index < -0.39 is 84.0 Å². The number of amides is 4. The summed E-state index contributed by atoms with van der Waals surface area (Å²) in [5, 5.41) is 20.4. The SMILES string of the molecule is Cc1ncsc1-c1ccc([C@@H](C)NC(=O)[C@H]2C[C@H](O)CN2C(=O)[C@H](NC(=O)C2C/C(=C/Br)CC(C(=O)N3CCC(N=C4Nc5cc(F)ccc5N(CC(F)F)c5ccc(Cl)cc54)C3)C2)C(C)(C)C)cc1. The molecule has 1 aliphatic carbocycles. The number of rotatable bonds is 11. The molecule has 8 rings (SSSR count). The van der Waals surface area contributed by atoms with Gasteiger partial charge in [-0.1, -0.05) is 78.1 Å². The zero-order valence-electron chi connectivity index (χ0n) is 39.5. The van der Waals surface area contributed by atoms with Crippen molar-refractivity contribution in [2.45, 2.75) is 103 Å². The Bertz CT molecular complexity index is 2700. The highest BCUT2D eigenvalue weighted by Crippen LogP contribution is 2.41. The van der Waals surface area contributed by atoms with Crippen LogP contribution in [0, 0.1) is 30.0 Å². The molecule has 3 unspecified atom stereocenters. The number of β-amino-alcohol motifs (C(OH)–C–C–N with tert-alkyl or cyclic N) is 1. The first-order chi connectivity index (χ1) is 33.3.